The molecule has 0 atom stereocenters. The van der Waals surface area contributed by atoms with Crippen LogP contribution in [0.5, 0.6) is 5.75 Å². The zero-order valence-electron chi connectivity index (χ0n) is 15.0. The molecule has 0 bridgehead atoms. The van der Waals surface area contributed by atoms with Gasteiger partial charge in [0.1, 0.15) is 5.75 Å². The number of esters is 1. The maximum Gasteiger partial charge on any atom is 0.311 e. The first-order valence-corrected chi connectivity index (χ1v) is 8.91. The summed E-state index contributed by atoms with van der Waals surface area (Å²) in [6.07, 6.45) is 7.26. The first kappa shape index (κ1) is 19.5. The van der Waals surface area contributed by atoms with Gasteiger partial charge < -0.3 is 9.47 Å². The van der Waals surface area contributed by atoms with E-state index in [4.69, 9.17) is 9.47 Å². The highest BCUT2D eigenvalue weighted by atomic mass is 16.5. The first-order valence-electron chi connectivity index (χ1n) is 8.91. The van der Waals surface area contributed by atoms with E-state index < -0.39 is 5.41 Å². The topological polar surface area (TPSA) is 35.5 Å². The summed E-state index contributed by atoms with van der Waals surface area (Å²) in [6.45, 7) is 7.36. The van der Waals surface area contributed by atoms with Gasteiger partial charge in [0, 0.05) is 0 Å². The Morgan fingerprint density at radius 1 is 0.957 bits per heavy atom. The lowest BCUT2D eigenvalue weighted by Gasteiger charge is -2.22. The van der Waals surface area contributed by atoms with Crippen molar-refractivity contribution in [2.75, 3.05) is 13.2 Å². The third-order valence-electron chi connectivity index (χ3n) is 3.99. The molecule has 0 aliphatic rings. The van der Waals surface area contributed by atoms with Gasteiger partial charge in [0.15, 0.2) is 0 Å². The quantitative estimate of drug-likeness (QED) is 0.383. The Bertz CT molecular complexity index is 426. The molecule has 0 aliphatic heterocycles. The molecule has 0 amide bonds. The summed E-state index contributed by atoms with van der Waals surface area (Å²) in [4.78, 5) is 12.1. The van der Waals surface area contributed by atoms with Crippen molar-refractivity contribution in [3.63, 3.8) is 0 Å². The van der Waals surface area contributed by atoms with Crippen LogP contribution in [0, 0.1) is 5.41 Å². The normalized spacial score (nSPS) is 11.3. The van der Waals surface area contributed by atoms with E-state index in [9.17, 15) is 4.79 Å². The van der Waals surface area contributed by atoms with Crippen molar-refractivity contribution in [1.29, 1.82) is 0 Å². The van der Waals surface area contributed by atoms with Gasteiger partial charge in [-0.15, -0.1) is 0 Å². The molecule has 0 heterocycles. The molecule has 0 saturated heterocycles. The number of hydrogen-bond donors (Lipinski definition) is 0. The maximum absolute atomic E-state index is 12.1. The molecular weight excluding hydrogens is 288 g/mol. The van der Waals surface area contributed by atoms with Crippen LogP contribution in [0.1, 0.15) is 65.7 Å². The van der Waals surface area contributed by atoms with Gasteiger partial charge in [-0.2, -0.15) is 0 Å². The number of benzene rings is 1. The van der Waals surface area contributed by atoms with Gasteiger partial charge in [0.2, 0.25) is 0 Å². The Morgan fingerprint density at radius 3 is 2.35 bits per heavy atom. The van der Waals surface area contributed by atoms with Gasteiger partial charge in [-0.05, 0) is 51.7 Å². The summed E-state index contributed by atoms with van der Waals surface area (Å²) in [7, 11) is 0. The van der Waals surface area contributed by atoms with Gasteiger partial charge in [-0.1, -0.05) is 44.4 Å². The summed E-state index contributed by atoms with van der Waals surface area (Å²) in [5.41, 5.74) is -0.405. The average Bonchev–Trinajstić information content (AvgIpc) is 2.55. The van der Waals surface area contributed by atoms with Crippen LogP contribution in [0.25, 0.3) is 0 Å². The molecule has 1 aromatic rings. The number of ether oxygens (including phenoxy) is 2. The second-order valence-corrected chi connectivity index (χ2v) is 6.70. The summed E-state index contributed by atoms with van der Waals surface area (Å²) >= 11 is 0. The Hall–Kier alpha value is -1.51. The molecule has 0 aromatic heterocycles. The molecule has 0 spiro atoms. The number of rotatable bonds is 12. The molecule has 130 valence electrons. The van der Waals surface area contributed by atoms with Crippen molar-refractivity contribution in [3.8, 4) is 5.75 Å². The van der Waals surface area contributed by atoms with Crippen molar-refractivity contribution >= 4 is 5.97 Å². The van der Waals surface area contributed by atoms with Crippen molar-refractivity contribution in [2.45, 2.75) is 65.7 Å². The monoisotopic (exact) mass is 320 g/mol. The summed E-state index contributed by atoms with van der Waals surface area (Å²) in [6, 6.07) is 9.83. The lowest BCUT2D eigenvalue weighted by molar-refractivity contribution is -0.154. The minimum Gasteiger partial charge on any atom is -0.494 e. The third-order valence-corrected chi connectivity index (χ3v) is 3.99. The molecular formula is C20H32O3. The van der Waals surface area contributed by atoms with Crippen LogP contribution in [-0.4, -0.2) is 19.2 Å². The smallest absolute Gasteiger partial charge is 0.311 e. The molecule has 0 saturated carbocycles. The number of para-hydroxylation sites is 1. The molecule has 23 heavy (non-hydrogen) atoms. The van der Waals surface area contributed by atoms with E-state index in [1.54, 1.807) is 0 Å². The fourth-order valence-electron chi connectivity index (χ4n) is 2.37. The average molecular weight is 320 g/mol. The van der Waals surface area contributed by atoms with Crippen LogP contribution in [0.3, 0.4) is 0 Å². The van der Waals surface area contributed by atoms with Gasteiger partial charge in [-0.25, -0.2) is 0 Å². The molecule has 0 unspecified atom stereocenters. The fourth-order valence-corrected chi connectivity index (χ4v) is 2.37. The van der Waals surface area contributed by atoms with E-state index in [2.05, 4.69) is 6.92 Å². The Morgan fingerprint density at radius 2 is 1.65 bits per heavy atom. The highest BCUT2D eigenvalue weighted by Gasteiger charge is 2.28. The minimum absolute atomic E-state index is 0.0713. The van der Waals surface area contributed by atoms with Crippen LogP contribution in [-0.2, 0) is 9.53 Å². The summed E-state index contributed by atoms with van der Waals surface area (Å²) in [5, 5.41) is 0. The number of hydrogen-bond acceptors (Lipinski definition) is 3. The Balaban J connectivity index is 2.12. The van der Waals surface area contributed by atoms with E-state index in [0.29, 0.717) is 13.2 Å². The molecule has 1 aromatic carbocycles. The van der Waals surface area contributed by atoms with E-state index in [0.717, 1.165) is 37.9 Å². The second kappa shape index (κ2) is 11.1. The Kier molecular flexibility index (Phi) is 9.42. The standard InChI is InChI=1S/C20H32O3/c1-4-5-6-11-17-23-19(21)20(2,3)15-10-12-16-22-18-13-8-7-9-14-18/h7-9,13-14H,4-6,10-12,15-17H2,1-3H3. The van der Waals surface area contributed by atoms with Gasteiger partial charge >= 0.3 is 5.97 Å². The zero-order valence-corrected chi connectivity index (χ0v) is 15.0. The maximum atomic E-state index is 12.1. The first-order chi connectivity index (χ1) is 11.1. The van der Waals surface area contributed by atoms with Crippen LogP contribution in [0.2, 0.25) is 0 Å². The van der Waals surface area contributed by atoms with Crippen LogP contribution < -0.4 is 4.74 Å². The molecule has 1 rings (SSSR count). The molecule has 3 nitrogen and oxygen atoms in total. The van der Waals surface area contributed by atoms with E-state index in [1.165, 1.54) is 12.8 Å². The van der Waals surface area contributed by atoms with Crippen LogP contribution in [0.15, 0.2) is 30.3 Å². The summed E-state index contributed by atoms with van der Waals surface area (Å²) in [5.74, 6) is 0.830. The van der Waals surface area contributed by atoms with E-state index >= 15 is 0 Å². The largest absolute Gasteiger partial charge is 0.494 e. The second-order valence-electron chi connectivity index (χ2n) is 6.70. The van der Waals surface area contributed by atoms with Crippen molar-refractivity contribution in [3.05, 3.63) is 30.3 Å². The SMILES string of the molecule is CCCCCCOC(=O)C(C)(C)CCCCOc1ccccc1. The summed E-state index contributed by atoms with van der Waals surface area (Å²) < 4.78 is 11.1. The highest BCUT2D eigenvalue weighted by Crippen LogP contribution is 2.25. The molecule has 0 N–H and O–H groups in total. The van der Waals surface area contributed by atoms with Crippen molar-refractivity contribution in [1.82, 2.24) is 0 Å². The molecule has 3 heteroatoms. The van der Waals surface area contributed by atoms with Gasteiger partial charge in [0.05, 0.1) is 18.6 Å². The van der Waals surface area contributed by atoms with Gasteiger partial charge in [0.25, 0.3) is 0 Å². The Labute approximate surface area is 141 Å². The lowest BCUT2D eigenvalue weighted by Crippen LogP contribution is -2.27. The molecule has 0 aliphatic carbocycles. The number of carbonyl (C=O) groups is 1. The zero-order chi connectivity index (χ0) is 17.0. The van der Waals surface area contributed by atoms with Crippen LogP contribution in [0.4, 0.5) is 0 Å². The fraction of sp³-hybridized carbons (Fsp3) is 0.650. The molecule has 0 radical (unpaired) electrons. The predicted molar refractivity (Wildman–Crippen MR) is 94.7 cm³/mol. The number of carbonyl (C=O) groups excluding carboxylic acids is 1. The predicted octanol–water partition coefficient (Wildman–Crippen LogP) is 5.39. The van der Waals surface area contributed by atoms with E-state index in [-0.39, 0.29) is 5.97 Å². The van der Waals surface area contributed by atoms with Gasteiger partial charge in [-0.3, -0.25) is 4.79 Å². The third kappa shape index (κ3) is 8.63. The van der Waals surface area contributed by atoms with E-state index in [1.807, 2.05) is 44.2 Å². The molecule has 0 fully saturated rings. The van der Waals surface area contributed by atoms with Crippen LogP contribution >= 0.6 is 0 Å². The van der Waals surface area contributed by atoms with Crippen molar-refractivity contribution in [2.24, 2.45) is 5.41 Å². The number of unbranched alkanes of at least 4 members (excludes halogenated alkanes) is 4. The highest BCUT2D eigenvalue weighted by molar-refractivity contribution is 5.75. The minimum atomic E-state index is -0.405. The lowest BCUT2D eigenvalue weighted by atomic mass is 9.87. The van der Waals surface area contributed by atoms with Crippen molar-refractivity contribution < 1.29 is 14.3 Å².